The molecule has 0 aliphatic heterocycles. The molecule has 0 fully saturated rings. The van der Waals surface area contributed by atoms with Gasteiger partial charge in [0.2, 0.25) is 0 Å². The molecule has 2 N–H and O–H groups in total. The predicted octanol–water partition coefficient (Wildman–Crippen LogP) is 4.88. The zero-order valence-corrected chi connectivity index (χ0v) is 17.9. The lowest BCUT2D eigenvalue weighted by atomic mass is 10.1. The van der Waals surface area contributed by atoms with Gasteiger partial charge in [0, 0.05) is 16.6 Å². The molecule has 0 aromatic heterocycles. The van der Waals surface area contributed by atoms with E-state index in [-0.39, 0.29) is 24.8 Å². The van der Waals surface area contributed by atoms with Crippen LogP contribution in [-0.4, -0.2) is 20.1 Å². The molecule has 0 spiro atoms. The monoisotopic (exact) mass is 448 g/mol. The molecule has 25 heavy (non-hydrogen) atoms. The number of benzene rings is 2. The highest BCUT2D eigenvalue weighted by Crippen LogP contribution is 2.24. The normalized spacial score (nSPS) is 9.88. The van der Waals surface area contributed by atoms with Crippen LogP contribution in [0.15, 0.2) is 46.9 Å². The number of halogens is 3. The molecular weight excluding hydrogens is 423 g/mol. The average Bonchev–Trinajstić information content (AvgIpc) is 2.55. The fourth-order valence-electron chi connectivity index (χ4n) is 2.29. The molecule has 0 bridgehead atoms. The van der Waals surface area contributed by atoms with Crippen molar-refractivity contribution in [3.05, 3.63) is 63.6 Å². The zero-order chi connectivity index (χ0) is 16.5. The van der Waals surface area contributed by atoms with Crippen LogP contribution in [0, 0.1) is 6.92 Å². The number of hydrogen-bond donors (Lipinski definition) is 2. The van der Waals surface area contributed by atoms with Crippen molar-refractivity contribution in [3.63, 3.8) is 0 Å². The van der Waals surface area contributed by atoms with Crippen LogP contribution >= 0.6 is 40.7 Å². The van der Waals surface area contributed by atoms with Gasteiger partial charge in [0.25, 0.3) is 0 Å². The molecule has 0 radical (unpaired) electrons. The Morgan fingerprint density at radius 1 is 1.00 bits per heavy atom. The van der Waals surface area contributed by atoms with Crippen molar-refractivity contribution in [3.8, 4) is 5.75 Å². The highest BCUT2D eigenvalue weighted by atomic mass is 79.9. The third-order valence-corrected chi connectivity index (χ3v) is 4.13. The Kier molecular flexibility index (Phi) is 13.0. The summed E-state index contributed by atoms with van der Waals surface area (Å²) in [6, 6.07) is 14.6. The highest BCUT2D eigenvalue weighted by Gasteiger charge is 2.05. The van der Waals surface area contributed by atoms with Crippen molar-refractivity contribution in [1.82, 2.24) is 10.6 Å². The molecule has 2 aromatic carbocycles. The fraction of sp³-hybridized carbons (Fsp3) is 0.368. The van der Waals surface area contributed by atoms with Gasteiger partial charge in [0.05, 0.1) is 0 Å². The van der Waals surface area contributed by atoms with E-state index in [1.54, 1.807) is 0 Å². The van der Waals surface area contributed by atoms with E-state index < -0.39 is 0 Å². The summed E-state index contributed by atoms with van der Waals surface area (Å²) < 4.78 is 7.10. The lowest BCUT2D eigenvalue weighted by Gasteiger charge is -2.13. The molecule has 3 nitrogen and oxygen atoms in total. The van der Waals surface area contributed by atoms with Gasteiger partial charge in [-0.1, -0.05) is 45.8 Å². The summed E-state index contributed by atoms with van der Waals surface area (Å²) in [6.07, 6.45) is 1.12. The van der Waals surface area contributed by atoms with Gasteiger partial charge in [-0.3, -0.25) is 0 Å². The van der Waals surface area contributed by atoms with Gasteiger partial charge < -0.3 is 15.4 Å². The van der Waals surface area contributed by atoms with Gasteiger partial charge in [-0.15, -0.1) is 24.8 Å². The first-order valence-corrected chi connectivity index (χ1v) is 8.80. The molecule has 140 valence electrons. The third-order valence-electron chi connectivity index (χ3n) is 3.63. The number of aryl methyl sites for hydroxylation is 1. The van der Waals surface area contributed by atoms with Crippen LogP contribution in [0.25, 0.3) is 0 Å². The van der Waals surface area contributed by atoms with Crippen LogP contribution in [0.1, 0.15) is 23.1 Å². The van der Waals surface area contributed by atoms with Crippen LogP contribution < -0.4 is 15.4 Å². The number of hydrogen-bond acceptors (Lipinski definition) is 3. The minimum absolute atomic E-state index is 0. The minimum atomic E-state index is 0. The summed E-state index contributed by atoms with van der Waals surface area (Å²) in [4.78, 5) is 0. The second-order valence-corrected chi connectivity index (χ2v) is 6.58. The summed E-state index contributed by atoms with van der Waals surface area (Å²) in [5.74, 6) is 0.940. The molecular formula is C19H27BrCl2N2O. The lowest BCUT2D eigenvalue weighted by Crippen LogP contribution is -2.19. The zero-order valence-electron chi connectivity index (χ0n) is 14.7. The Labute approximate surface area is 171 Å². The van der Waals surface area contributed by atoms with Crippen LogP contribution in [0.3, 0.4) is 0 Å². The van der Waals surface area contributed by atoms with Gasteiger partial charge in [-0.25, -0.2) is 0 Å². The molecule has 6 heteroatoms. The van der Waals surface area contributed by atoms with E-state index in [4.69, 9.17) is 4.74 Å². The van der Waals surface area contributed by atoms with Crippen molar-refractivity contribution < 1.29 is 4.74 Å². The smallest absolute Gasteiger partial charge is 0.124 e. The molecule has 0 saturated heterocycles. The van der Waals surface area contributed by atoms with Crippen molar-refractivity contribution in [1.29, 1.82) is 0 Å². The Morgan fingerprint density at radius 3 is 2.40 bits per heavy atom. The first kappa shape index (κ1) is 24.2. The van der Waals surface area contributed by atoms with Gasteiger partial charge in [0.1, 0.15) is 12.4 Å². The lowest BCUT2D eigenvalue weighted by molar-refractivity contribution is 0.302. The SMILES string of the molecule is CNCCCNCc1cc(Br)ccc1OCc1ccc(C)cc1.Cl.Cl. The average molecular weight is 450 g/mol. The molecule has 2 aromatic rings. The van der Waals surface area contributed by atoms with Crippen LogP contribution in [0.5, 0.6) is 5.75 Å². The van der Waals surface area contributed by atoms with E-state index in [0.29, 0.717) is 6.61 Å². The summed E-state index contributed by atoms with van der Waals surface area (Å²) in [6.45, 7) is 5.52. The topological polar surface area (TPSA) is 33.3 Å². The molecule has 0 aliphatic carbocycles. The molecule has 0 saturated carbocycles. The van der Waals surface area contributed by atoms with Crippen molar-refractivity contribution in [2.24, 2.45) is 0 Å². The van der Waals surface area contributed by atoms with E-state index >= 15 is 0 Å². The molecule has 0 atom stereocenters. The first-order valence-electron chi connectivity index (χ1n) is 8.01. The van der Waals surface area contributed by atoms with Crippen LogP contribution in [-0.2, 0) is 13.2 Å². The summed E-state index contributed by atoms with van der Waals surface area (Å²) in [5, 5.41) is 6.63. The predicted molar refractivity (Wildman–Crippen MR) is 114 cm³/mol. The second-order valence-electron chi connectivity index (χ2n) is 5.66. The molecule has 0 aliphatic rings. The Hall–Kier alpha value is -0.780. The summed E-state index contributed by atoms with van der Waals surface area (Å²) in [5.41, 5.74) is 3.63. The first-order chi connectivity index (χ1) is 11.2. The fourth-order valence-corrected chi connectivity index (χ4v) is 2.69. The van der Waals surface area contributed by atoms with Gasteiger partial charge in [-0.2, -0.15) is 0 Å². The van der Waals surface area contributed by atoms with Gasteiger partial charge >= 0.3 is 0 Å². The van der Waals surface area contributed by atoms with Gasteiger partial charge in [0.15, 0.2) is 0 Å². The number of nitrogens with one attached hydrogen (secondary N) is 2. The largest absolute Gasteiger partial charge is 0.489 e. The Balaban J connectivity index is 0.00000288. The van der Waals surface area contributed by atoms with E-state index in [1.807, 2.05) is 19.2 Å². The van der Waals surface area contributed by atoms with Crippen LogP contribution in [0.4, 0.5) is 0 Å². The Morgan fingerprint density at radius 2 is 1.72 bits per heavy atom. The number of ether oxygens (including phenoxy) is 1. The Bertz CT molecular complexity index is 609. The maximum Gasteiger partial charge on any atom is 0.124 e. The van der Waals surface area contributed by atoms with E-state index in [0.717, 1.165) is 36.3 Å². The molecule has 0 amide bonds. The minimum Gasteiger partial charge on any atom is -0.489 e. The van der Waals surface area contributed by atoms with Gasteiger partial charge in [-0.05, 0) is 57.2 Å². The molecule has 0 heterocycles. The van der Waals surface area contributed by atoms with E-state index in [2.05, 4.69) is 63.8 Å². The molecule has 2 rings (SSSR count). The standard InChI is InChI=1S/C19H25BrN2O.2ClH/c1-15-4-6-16(7-5-15)14-23-19-9-8-18(20)12-17(19)13-22-11-3-10-21-2;;/h4-9,12,21-22H,3,10-11,13-14H2,1-2H3;2*1H. The van der Waals surface area contributed by atoms with E-state index in [1.165, 1.54) is 16.7 Å². The highest BCUT2D eigenvalue weighted by molar-refractivity contribution is 9.10. The van der Waals surface area contributed by atoms with Crippen molar-refractivity contribution in [2.75, 3.05) is 20.1 Å². The quantitative estimate of drug-likeness (QED) is 0.535. The maximum absolute atomic E-state index is 6.02. The summed E-state index contributed by atoms with van der Waals surface area (Å²) in [7, 11) is 1.98. The van der Waals surface area contributed by atoms with Crippen molar-refractivity contribution in [2.45, 2.75) is 26.5 Å². The second kappa shape index (κ2) is 13.4. The third kappa shape index (κ3) is 8.93. The maximum atomic E-state index is 6.02. The molecule has 0 unspecified atom stereocenters. The number of rotatable bonds is 9. The van der Waals surface area contributed by atoms with Crippen LogP contribution in [0.2, 0.25) is 0 Å². The van der Waals surface area contributed by atoms with E-state index in [9.17, 15) is 0 Å². The summed E-state index contributed by atoms with van der Waals surface area (Å²) >= 11 is 3.54. The van der Waals surface area contributed by atoms with Crippen molar-refractivity contribution >= 4 is 40.7 Å².